The SMILES string of the molecule is CC(C)(C)C1CC(Oc2ccc(C#N)c(Cl)c2)CCN1C(=O)O. The molecule has 0 aromatic heterocycles. The minimum Gasteiger partial charge on any atom is -0.490 e. The number of ether oxygens (including phenoxy) is 1. The second-order valence-corrected chi connectivity index (χ2v) is 7.28. The van der Waals surface area contributed by atoms with Crippen molar-refractivity contribution in [2.24, 2.45) is 5.41 Å². The summed E-state index contributed by atoms with van der Waals surface area (Å²) in [6, 6.07) is 6.90. The van der Waals surface area contributed by atoms with E-state index in [0.717, 1.165) is 0 Å². The molecule has 5 nitrogen and oxygen atoms in total. The lowest BCUT2D eigenvalue weighted by atomic mass is 9.80. The molecule has 1 aliphatic heterocycles. The van der Waals surface area contributed by atoms with E-state index in [2.05, 4.69) is 0 Å². The molecule has 2 atom stereocenters. The Balaban J connectivity index is 2.12. The van der Waals surface area contributed by atoms with Crippen LogP contribution in [0, 0.1) is 16.7 Å². The highest BCUT2D eigenvalue weighted by molar-refractivity contribution is 6.31. The summed E-state index contributed by atoms with van der Waals surface area (Å²) in [5.74, 6) is 0.607. The molecule has 1 aromatic rings. The fraction of sp³-hybridized carbons (Fsp3) is 0.529. The Bertz CT molecular complexity index is 634. The number of nitriles is 1. The first kappa shape index (κ1) is 17.4. The number of benzene rings is 1. The van der Waals surface area contributed by atoms with Crippen molar-refractivity contribution in [2.75, 3.05) is 6.54 Å². The largest absolute Gasteiger partial charge is 0.490 e. The van der Waals surface area contributed by atoms with E-state index in [0.29, 0.717) is 35.7 Å². The predicted molar refractivity (Wildman–Crippen MR) is 87.8 cm³/mol. The van der Waals surface area contributed by atoms with E-state index in [4.69, 9.17) is 21.6 Å². The van der Waals surface area contributed by atoms with Crippen LogP contribution < -0.4 is 4.74 Å². The van der Waals surface area contributed by atoms with Crippen LogP contribution in [0.3, 0.4) is 0 Å². The van der Waals surface area contributed by atoms with Gasteiger partial charge in [-0.3, -0.25) is 0 Å². The minimum atomic E-state index is -0.884. The molecule has 0 bridgehead atoms. The Labute approximate surface area is 141 Å². The van der Waals surface area contributed by atoms with Crippen molar-refractivity contribution in [3.05, 3.63) is 28.8 Å². The van der Waals surface area contributed by atoms with Crippen LogP contribution in [0.2, 0.25) is 5.02 Å². The third-order valence-electron chi connectivity index (χ3n) is 4.16. The van der Waals surface area contributed by atoms with Gasteiger partial charge in [0.25, 0.3) is 0 Å². The molecular weight excluding hydrogens is 316 g/mol. The van der Waals surface area contributed by atoms with Gasteiger partial charge in [-0.05, 0) is 17.5 Å². The van der Waals surface area contributed by atoms with Gasteiger partial charge in [-0.2, -0.15) is 5.26 Å². The molecule has 0 aliphatic carbocycles. The van der Waals surface area contributed by atoms with Crippen molar-refractivity contribution in [2.45, 2.75) is 45.8 Å². The van der Waals surface area contributed by atoms with Gasteiger partial charge in [-0.15, -0.1) is 0 Å². The van der Waals surface area contributed by atoms with E-state index < -0.39 is 6.09 Å². The molecule has 0 saturated carbocycles. The van der Waals surface area contributed by atoms with Crippen molar-refractivity contribution in [3.8, 4) is 11.8 Å². The molecule has 6 heteroatoms. The molecule has 1 aromatic carbocycles. The second-order valence-electron chi connectivity index (χ2n) is 6.88. The van der Waals surface area contributed by atoms with Gasteiger partial charge in [-0.1, -0.05) is 32.4 Å². The predicted octanol–water partition coefficient (Wildman–Crippen LogP) is 4.15. The third-order valence-corrected chi connectivity index (χ3v) is 4.48. The molecule has 1 N–H and O–H groups in total. The van der Waals surface area contributed by atoms with E-state index in [1.54, 1.807) is 18.2 Å². The standard InChI is InChI=1S/C17H21ClN2O3/c1-17(2,3)15-9-13(6-7-20(15)16(21)22)23-12-5-4-11(10-19)14(18)8-12/h4-5,8,13,15H,6-7,9H2,1-3H3,(H,21,22). The zero-order valence-corrected chi connectivity index (χ0v) is 14.3. The molecule has 23 heavy (non-hydrogen) atoms. The fourth-order valence-electron chi connectivity index (χ4n) is 2.94. The number of carboxylic acid groups (broad SMARTS) is 1. The molecule has 0 spiro atoms. The van der Waals surface area contributed by atoms with Gasteiger partial charge >= 0.3 is 6.09 Å². The number of likely N-dealkylation sites (tertiary alicyclic amines) is 1. The molecule has 1 saturated heterocycles. The average molecular weight is 337 g/mol. The Kier molecular flexibility index (Phi) is 5.06. The van der Waals surface area contributed by atoms with Crippen molar-refractivity contribution >= 4 is 17.7 Å². The van der Waals surface area contributed by atoms with E-state index >= 15 is 0 Å². The lowest BCUT2D eigenvalue weighted by Crippen LogP contribution is -2.53. The average Bonchev–Trinajstić information content (AvgIpc) is 2.46. The van der Waals surface area contributed by atoms with Crippen molar-refractivity contribution < 1.29 is 14.6 Å². The lowest BCUT2D eigenvalue weighted by molar-refractivity contribution is 0.0130. The van der Waals surface area contributed by atoms with Crippen LogP contribution >= 0.6 is 11.6 Å². The van der Waals surface area contributed by atoms with Gasteiger partial charge in [0.2, 0.25) is 0 Å². The summed E-state index contributed by atoms with van der Waals surface area (Å²) in [4.78, 5) is 12.9. The summed E-state index contributed by atoms with van der Waals surface area (Å²) in [7, 11) is 0. The normalized spacial score (nSPS) is 21.6. The maximum Gasteiger partial charge on any atom is 0.407 e. The van der Waals surface area contributed by atoms with Crippen molar-refractivity contribution in [1.29, 1.82) is 5.26 Å². The first-order valence-corrected chi connectivity index (χ1v) is 7.96. The summed E-state index contributed by atoms with van der Waals surface area (Å²) in [6.07, 6.45) is 0.313. The molecule has 1 fully saturated rings. The quantitative estimate of drug-likeness (QED) is 0.880. The highest BCUT2D eigenvalue weighted by atomic mass is 35.5. The fourth-order valence-corrected chi connectivity index (χ4v) is 3.16. The highest BCUT2D eigenvalue weighted by Crippen LogP contribution is 2.34. The first-order chi connectivity index (χ1) is 10.7. The van der Waals surface area contributed by atoms with Crippen LogP contribution in [-0.4, -0.2) is 34.8 Å². The maximum atomic E-state index is 11.4. The molecular formula is C17H21ClN2O3. The van der Waals surface area contributed by atoms with E-state index in [1.165, 1.54) is 4.90 Å². The monoisotopic (exact) mass is 336 g/mol. The Hall–Kier alpha value is -1.93. The molecule has 2 unspecified atom stereocenters. The zero-order valence-electron chi connectivity index (χ0n) is 13.5. The number of halogens is 1. The van der Waals surface area contributed by atoms with Crippen molar-refractivity contribution in [3.63, 3.8) is 0 Å². The summed E-state index contributed by atoms with van der Waals surface area (Å²) in [6.45, 7) is 6.56. The number of hydrogen-bond donors (Lipinski definition) is 1. The summed E-state index contributed by atoms with van der Waals surface area (Å²) in [5.41, 5.74) is 0.246. The Morgan fingerprint density at radius 3 is 2.70 bits per heavy atom. The highest BCUT2D eigenvalue weighted by Gasteiger charge is 2.39. The Morgan fingerprint density at radius 1 is 1.48 bits per heavy atom. The molecule has 1 amide bonds. The van der Waals surface area contributed by atoms with Crippen molar-refractivity contribution in [1.82, 2.24) is 4.90 Å². The van der Waals surface area contributed by atoms with E-state index in [1.807, 2.05) is 26.8 Å². The van der Waals surface area contributed by atoms with Crippen LogP contribution in [0.15, 0.2) is 18.2 Å². The maximum absolute atomic E-state index is 11.4. The molecule has 0 radical (unpaired) electrons. The van der Waals surface area contributed by atoms with E-state index in [9.17, 15) is 9.90 Å². The van der Waals surface area contributed by atoms with Gasteiger partial charge in [0.05, 0.1) is 10.6 Å². The Morgan fingerprint density at radius 2 is 2.17 bits per heavy atom. The number of rotatable bonds is 2. The van der Waals surface area contributed by atoms with Crippen LogP contribution in [0.1, 0.15) is 39.2 Å². The minimum absolute atomic E-state index is 0.0705. The second kappa shape index (κ2) is 6.67. The number of hydrogen-bond acceptors (Lipinski definition) is 3. The number of nitrogens with zero attached hydrogens (tertiary/aromatic N) is 2. The number of carbonyl (C=O) groups is 1. The van der Waals surface area contributed by atoms with Gasteiger partial charge in [-0.25, -0.2) is 4.79 Å². The van der Waals surface area contributed by atoms with Gasteiger partial charge in [0.15, 0.2) is 0 Å². The summed E-state index contributed by atoms with van der Waals surface area (Å²) >= 11 is 6.02. The van der Waals surface area contributed by atoms with Gasteiger partial charge in [0.1, 0.15) is 17.9 Å². The first-order valence-electron chi connectivity index (χ1n) is 7.58. The third kappa shape index (κ3) is 4.08. The van der Waals surface area contributed by atoms with Gasteiger partial charge < -0.3 is 14.7 Å². The molecule has 1 heterocycles. The zero-order chi connectivity index (χ0) is 17.2. The van der Waals surface area contributed by atoms with Crippen LogP contribution in [-0.2, 0) is 0 Å². The van der Waals surface area contributed by atoms with Crippen LogP contribution in [0.25, 0.3) is 0 Å². The van der Waals surface area contributed by atoms with E-state index in [-0.39, 0.29) is 17.6 Å². The number of piperidine rings is 1. The molecule has 2 rings (SSSR count). The molecule has 124 valence electrons. The topological polar surface area (TPSA) is 73.6 Å². The van der Waals surface area contributed by atoms with Crippen LogP contribution in [0.4, 0.5) is 4.79 Å². The summed E-state index contributed by atoms with van der Waals surface area (Å²) in [5, 5.41) is 18.6. The summed E-state index contributed by atoms with van der Waals surface area (Å²) < 4.78 is 5.98. The smallest absolute Gasteiger partial charge is 0.407 e. The number of amides is 1. The van der Waals surface area contributed by atoms with Gasteiger partial charge in [0, 0.05) is 31.5 Å². The van der Waals surface area contributed by atoms with Crippen LogP contribution in [0.5, 0.6) is 5.75 Å². The molecule has 1 aliphatic rings. The lowest BCUT2D eigenvalue weighted by Gasteiger charge is -2.44.